The van der Waals surface area contributed by atoms with Gasteiger partial charge in [-0.15, -0.1) is 0 Å². The van der Waals surface area contributed by atoms with Crippen molar-refractivity contribution in [1.82, 2.24) is 10.6 Å². The van der Waals surface area contributed by atoms with Gasteiger partial charge in [0.05, 0.1) is 0 Å². The van der Waals surface area contributed by atoms with Gasteiger partial charge in [0, 0.05) is 24.5 Å². The molecule has 2 aliphatic heterocycles. The maximum atomic E-state index is 12.1. The number of nitrogens with one attached hydrogen (secondary N) is 2. The molecule has 2 aliphatic rings. The van der Waals surface area contributed by atoms with Crippen LogP contribution >= 0.6 is 0 Å². The Labute approximate surface area is 117 Å². The van der Waals surface area contributed by atoms with Gasteiger partial charge in [-0.3, -0.25) is 4.79 Å². The molecule has 0 radical (unpaired) electrons. The van der Waals surface area contributed by atoms with Crippen LogP contribution in [0.2, 0.25) is 0 Å². The van der Waals surface area contributed by atoms with Crippen LogP contribution in [0.5, 0.6) is 0 Å². The second-order valence-electron chi connectivity index (χ2n) is 6.64. The highest BCUT2D eigenvalue weighted by molar-refractivity contribution is 5.76. The van der Waals surface area contributed by atoms with Crippen LogP contribution in [0.25, 0.3) is 0 Å². The van der Waals surface area contributed by atoms with Crippen LogP contribution < -0.4 is 10.6 Å². The highest BCUT2D eigenvalue weighted by atomic mass is 16.1. The smallest absolute Gasteiger partial charge is 0.220 e. The van der Waals surface area contributed by atoms with Crippen molar-refractivity contribution >= 4 is 5.91 Å². The van der Waals surface area contributed by atoms with Crippen LogP contribution in [0, 0.1) is 5.92 Å². The molecular formula is C16H30N2O. The molecule has 19 heavy (non-hydrogen) atoms. The third-order valence-electron chi connectivity index (χ3n) is 4.69. The Morgan fingerprint density at radius 1 is 1.26 bits per heavy atom. The van der Waals surface area contributed by atoms with Gasteiger partial charge in [0.15, 0.2) is 0 Å². The van der Waals surface area contributed by atoms with E-state index < -0.39 is 0 Å². The van der Waals surface area contributed by atoms with Crippen LogP contribution in [-0.4, -0.2) is 24.0 Å². The summed E-state index contributed by atoms with van der Waals surface area (Å²) in [5.74, 6) is 0.886. The number of rotatable bonds is 7. The number of fused-ring (bicyclic) bond motifs is 2. The molecule has 3 atom stereocenters. The van der Waals surface area contributed by atoms with Crippen LogP contribution in [0.4, 0.5) is 0 Å². The fourth-order valence-electron chi connectivity index (χ4n) is 3.71. The summed E-state index contributed by atoms with van der Waals surface area (Å²) >= 11 is 0. The number of hydrogen-bond donors (Lipinski definition) is 2. The van der Waals surface area contributed by atoms with Gasteiger partial charge in [0.25, 0.3) is 0 Å². The van der Waals surface area contributed by atoms with Crippen molar-refractivity contribution in [3.05, 3.63) is 0 Å². The van der Waals surface area contributed by atoms with E-state index in [1.165, 1.54) is 44.9 Å². The summed E-state index contributed by atoms with van der Waals surface area (Å²) in [5.41, 5.74) is 0. The minimum absolute atomic E-state index is 0.273. The molecule has 110 valence electrons. The zero-order chi connectivity index (χ0) is 13.7. The average molecular weight is 266 g/mol. The Balaban J connectivity index is 1.63. The Bertz CT molecular complexity index is 280. The lowest BCUT2D eigenvalue weighted by molar-refractivity contribution is -0.122. The quantitative estimate of drug-likeness (QED) is 0.696. The van der Waals surface area contributed by atoms with E-state index >= 15 is 0 Å². The van der Waals surface area contributed by atoms with E-state index in [1.807, 2.05) is 0 Å². The first kappa shape index (κ1) is 14.8. The predicted octanol–water partition coefficient (Wildman–Crippen LogP) is 2.99. The lowest BCUT2D eigenvalue weighted by atomic mass is 9.89. The fraction of sp³-hybridized carbons (Fsp3) is 0.938. The Hall–Kier alpha value is -0.570. The molecule has 1 amide bonds. The molecule has 2 saturated heterocycles. The Morgan fingerprint density at radius 3 is 2.58 bits per heavy atom. The Kier molecular flexibility index (Phi) is 5.68. The second kappa shape index (κ2) is 7.28. The molecule has 3 heteroatoms. The number of carbonyl (C=O) groups excluding carboxylic acids is 1. The van der Waals surface area contributed by atoms with Gasteiger partial charge < -0.3 is 10.6 Å². The standard InChI is InChI=1S/C16H30N2O/c1-3-4-5-6-12(2)17-16(19)11-13-9-14-7-8-15(10-13)18-14/h12-15,18H,3-11H2,1-2H3,(H,17,19). The summed E-state index contributed by atoms with van der Waals surface area (Å²) < 4.78 is 0. The highest BCUT2D eigenvalue weighted by Crippen LogP contribution is 2.32. The minimum Gasteiger partial charge on any atom is -0.354 e. The van der Waals surface area contributed by atoms with E-state index in [0.717, 1.165) is 12.8 Å². The van der Waals surface area contributed by atoms with Gasteiger partial charge in [0.1, 0.15) is 0 Å². The number of piperidine rings is 1. The zero-order valence-electron chi connectivity index (χ0n) is 12.6. The van der Waals surface area contributed by atoms with E-state index in [1.54, 1.807) is 0 Å². The molecule has 0 aromatic rings. The van der Waals surface area contributed by atoms with Crippen LogP contribution in [0.15, 0.2) is 0 Å². The van der Waals surface area contributed by atoms with Crippen LogP contribution in [0.1, 0.15) is 71.6 Å². The van der Waals surface area contributed by atoms with E-state index in [4.69, 9.17) is 0 Å². The van der Waals surface area contributed by atoms with E-state index in [0.29, 0.717) is 24.0 Å². The summed E-state index contributed by atoms with van der Waals surface area (Å²) in [6, 6.07) is 1.73. The summed E-state index contributed by atoms with van der Waals surface area (Å²) in [6.45, 7) is 4.36. The first-order valence-corrected chi connectivity index (χ1v) is 8.22. The van der Waals surface area contributed by atoms with Gasteiger partial charge in [-0.2, -0.15) is 0 Å². The molecule has 2 bridgehead atoms. The third kappa shape index (κ3) is 4.79. The molecule has 2 rings (SSSR count). The van der Waals surface area contributed by atoms with Gasteiger partial charge in [-0.05, 0) is 44.9 Å². The molecule has 0 saturated carbocycles. The SMILES string of the molecule is CCCCCC(C)NC(=O)CC1CC2CCC(C1)N2. The largest absolute Gasteiger partial charge is 0.354 e. The normalized spacial score (nSPS) is 31.2. The van der Waals surface area contributed by atoms with Crippen molar-refractivity contribution < 1.29 is 4.79 Å². The third-order valence-corrected chi connectivity index (χ3v) is 4.69. The monoisotopic (exact) mass is 266 g/mol. The molecule has 3 nitrogen and oxygen atoms in total. The van der Waals surface area contributed by atoms with E-state index in [-0.39, 0.29) is 5.91 Å². The van der Waals surface area contributed by atoms with E-state index in [9.17, 15) is 4.79 Å². The van der Waals surface area contributed by atoms with Crippen molar-refractivity contribution in [2.75, 3.05) is 0 Å². The van der Waals surface area contributed by atoms with Gasteiger partial charge in [-0.25, -0.2) is 0 Å². The first-order chi connectivity index (χ1) is 9.17. The summed E-state index contributed by atoms with van der Waals surface area (Å²) in [4.78, 5) is 12.1. The van der Waals surface area contributed by atoms with Gasteiger partial charge >= 0.3 is 0 Å². The molecule has 3 unspecified atom stereocenters. The highest BCUT2D eigenvalue weighted by Gasteiger charge is 2.34. The first-order valence-electron chi connectivity index (χ1n) is 8.22. The number of hydrogen-bond acceptors (Lipinski definition) is 2. The molecule has 2 N–H and O–H groups in total. The number of amides is 1. The van der Waals surface area contributed by atoms with Gasteiger partial charge in [-0.1, -0.05) is 26.2 Å². The summed E-state index contributed by atoms with van der Waals surface area (Å²) in [6.07, 6.45) is 10.7. The topological polar surface area (TPSA) is 41.1 Å². The van der Waals surface area contributed by atoms with Crippen molar-refractivity contribution in [3.8, 4) is 0 Å². The average Bonchev–Trinajstić information content (AvgIpc) is 2.69. The van der Waals surface area contributed by atoms with Gasteiger partial charge in [0.2, 0.25) is 5.91 Å². The molecule has 2 heterocycles. The predicted molar refractivity (Wildman–Crippen MR) is 79.0 cm³/mol. The number of carbonyl (C=O) groups is 1. The minimum atomic E-state index is 0.273. The van der Waals surface area contributed by atoms with E-state index in [2.05, 4.69) is 24.5 Å². The van der Waals surface area contributed by atoms with Crippen LogP contribution in [0.3, 0.4) is 0 Å². The zero-order valence-corrected chi connectivity index (χ0v) is 12.6. The van der Waals surface area contributed by atoms with Crippen molar-refractivity contribution in [3.63, 3.8) is 0 Å². The maximum absolute atomic E-state index is 12.1. The van der Waals surface area contributed by atoms with Crippen molar-refractivity contribution in [2.45, 2.75) is 89.8 Å². The number of unbranched alkanes of at least 4 members (excludes halogenated alkanes) is 2. The van der Waals surface area contributed by atoms with Crippen LogP contribution in [-0.2, 0) is 4.79 Å². The molecule has 2 fully saturated rings. The lowest BCUT2D eigenvalue weighted by Gasteiger charge is -2.29. The summed E-state index contributed by atoms with van der Waals surface area (Å²) in [7, 11) is 0. The van der Waals surface area contributed by atoms with Crippen molar-refractivity contribution in [2.24, 2.45) is 5.92 Å². The molecule has 0 aromatic heterocycles. The molecular weight excluding hydrogens is 236 g/mol. The summed E-state index contributed by atoms with van der Waals surface area (Å²) in [5, 5.41) is 6.81. The maximum Gasteiger partial charge on any atom is 0.220 e. The lowest BCUT2D eigenvalue weighted by Crippen LogP contribution is -2.40. The molecule has 0 spiro atoms. The molecule has 0 aliphatic carbocycles. The van der Waals surface area contributed by atoms with Crippen molar-refractivity contribution in [1.29, 1.82) is 0 Å². The fourth-order valence-corrected chi connectivity index (χ4v) is 3.71. The second-order valence-corrected chi connectivity index (χ2v) is 6.64. The Morgan fingerprint density at radius 2 is 1.95 bits per heavy atom. The molecule has 0 aromatic carbocycles.